The molecule has 2 aliphatic rings. The van der Waals surface area contributed by atoms with E-state index >= 15 is 0 Å². The molecular formula is C13H18N2O3S2. The van der Waals surface area contributed by atoms with Gasteiger partial charge in [-0.25, -0.2) is 13.6 Å². The van der Waals surface area contributed by atoms with Crippen LogP contribution in [0.1, 0.15) is 40.2 Å². The van der Waals surface area contributed by atoms with Crippen molar-refractivity contribution in [2.45, 2.75) is 43.5 Å². The standard InChI is InChI=1S/C13H18N2O3S2/c1-7-12(20(14,17)18)6-11(19-7)13(16)15-10-5-8-2-3-9(10)4-8/h6,8-10H,2-5H2,1H3,(H,15,16)(H2,14,17,18). The van der Waals surface area contributed by atoms with E-state index in [4.69, 9.17) is 5.14 Å². The lowest BCUT2D eigenvalue weighted by Gasteiger charge is -2.22. The molecule has 0 aliphatic heterocycles. The second kappa shape index (κ2) is 4.82. The van der Waals surface area contributed by atoms with Crippen molar-refractivity contribution in [1.29, 1.82) is 0 Å². The first kappa shape index (κ1) is 14.0. The fourth-order valence-electron chi connectivity index (χ4n) is 3.52. The molecule has 1 heterocycles. The molecule has 0 saturated heterocycles. The number of primary sulfonamides is 1. The molecule has 3 N–H and O–H groups in total. The van der Waals surface area contributed by atoms with E-state index in [9.17, 15) is 13.2 Å². The van der Waals surface area contributed by atoms with E-state index in [-0.39, 0.29) is 16.8 Å². The van der Waals surface area contributed by atoms with Gasteiger partial charge in [-0.1, -0.05) is 6.42 Å². The van der Waals surface area contributed by atoms with Crippen LogP contribution >= 0.6 is 11.3 Å². The number of amides is 1. The molecular weight excluding hydrogens is 296 g/mol. The van der Waals surface area contributed by atoms with Crippen LogP contribution in [0.2, 0.25) is 0 Å². The number of fused-ring (bicyclic) bond motifs is 2. The Hall–Kier alpha value is -0.920. The molecule has 5 nitrogen and oxygen atoms in total. The van der Waals surface area contributed by atoms with Gasteiger partial charge < -0.3 is 5.32 Å². The molecule has 2 saturated carbocycles. The SMILES string of the molecule is Cc1sc(C(=O)NC2CC3CCC2C3)cc1S(N)(=O)=O. The Morgan fingerprint density at radius 3 is 2.65 bits per heavy atom. The largest absolute Gasteiger partial charge is 0.348 e. The summed E-state index contributed by atoms with van der Waals surface area (Å²) >= 11 is 1.18. The summed E-state index contributed by atoms with van der Waals surface area (Å²) in [6.45, 7) is 1.67. The van der Waals surface area contributed by atoms with Gasteiger partial charge in [0.15, 0.2) is 0 Å². The van der Waals surface area contributed by atoms with E-state index in [0.717, 1.165) is 12.3 Å². The second-order valence-corrected chi connectivity index (χ2v) is 8.62. The Bertz CT molecular complexity index is 651. The van der Waals surface area contributed by atoms with Crippen molar-refractivity contribution in [1.82, 2.24) is 5.32 Å². The predicted octanol–water partition coefficient (Wildman–Crippen LogP) is 1.62. The number of sulfonamides is 1. The monoisotopic (exact) mass is 314 g/mol. The highest BCUT2D eigenvalue weighted by molar-refractivity contribution is 7.89. The molecule has 3 unspecified atom stereocenters. The maximum absolute atomic E-state index is 12.2. The molecule has 2 fully saturated rings. The van der Waals surface area contributed by atoms with Gasteiger partial charge in [0.25, 0.3) is 5.91 Å². The van der Waals surface area contributed by atoms with Crippen molar-refractivity contribution < 1.29 is 13.2 Å². The third kappa shape index (κ3) is 2.49. The van der Waals surface area contributed by atoms with Gasteiger partial charge in [0.1, 0.15) is 0 Å². The van der Waals surface area contributed by atoms with E-state index in [1.165, 1.54) is 36.7 Å². The minimum atomic E-state index is -3.75. The van der Waals surface area contributed by atoms with Crippen LogP contribution in [0.5, 0.6) is 0 Å². The zero-order chi connectivity index (χ0) is 14.5. The first-order valence-corrected chi connectivity index (χ1v) is 9.15. The molecule has 110 valence electrons. The summed E-state index contributed by atoms with van der Waals surface area (Å²) in [5.74, 6) is 1.18. The van der Waals surface area contributed by atoms with Gasteiger partial charge in [-0.3, -0.25) is 4.79 Å². The van der Waals surface area contributed by atoms with E-state index in [1.54, 1.807) is 6.92 Å². The number of nitrogens with two attached hydrogens (primary N) is 1. The quantitative estimate of drug-likeness (QED) is 0.888. The van der Waals surface area contributed by atoms with Gasteiger partial charge in [-0.2, -0.15) is 0 Å². The number of hydrogen-bond acceptors (Lipinski definition) is 4. The van der Waals surface area contributed by atoms with Crippen LogP contribution in [-0.4, -0.2) is 20.4 Å². The number of aryl methyl sites for hydroxylation is 1. The molecule has 3 atom stereocenters. The Morgan fingerprint density at radius 2 is 2.15 bits per heavy atom. The highest BCUT2D eigenvalue weighted by atomic mass is 32.2. The van der Waals surface area contributed by atoms with Gasteiger partial charge in [0.05, 0.1) is 9.77 Å². The summed E-state index contributed by atoms with van der Waals surface area (Å²) in [5, 5.41) is 8.19. The van der Waals surface area contributed by atoms with Crippen LogP contribution in [0.3, 0.4) is 0 Å². The van der Waals surface area contributed by atoms with E-state index < -0.39 is 10.0 Å². The minimum Gasteiger partial charge on any atom is -0.348 e. The number of carbonyl (C=O) groups excluding carboxylic acids is 1. The summed E-state index contributed by atoms with van der Waals surface area (Å²) in [4.78, 5) is 13.3. The van der Waals surface area contributed by atoms with Gasteiger partial charge in [-0.05, 0) is 44.1 Å². The Kier molecular flexibility index (Phi) is 3.38. The lowest BCUT2D eigenvalue weighted by Crippen LogP contribution is -2.38. The predicted molar refractivity (Wildman–Crippen MR) is 77.1 cm³/mol. The van der Waals surface area contributed by atoms with Gasteiger partial charge >= 0.3 is 0 Å². The third-order valence-corrected chi connectivity index (χ3v) is 6.67. The lowest BCUT2D eigenvalue weighted by molar-refractivity contribution is 0.0927. The Balaban J connectivity index is 1.75. The van der Waals surface area contributed by atoms with Crippen LogP contribution in [0, 0.1) is 18.8 Å². The maximum Gasteiger partial charge on any atom is 0.261 e. The fourth-order valence-corrected chi connectivity index (χ4v) is 5.57. The first-order chi connectivity index (χ1) is 9.34. The van der Waals surface area contributed by atoms with Crippen LogP contribution in [0.25, 0.3) is 0 Å². The normalized spacial score (nSPS) is 28.8. The molecule has 3 rings (SSSR count). The Labute approximate surface area is 122 Å². The minimum absolute atomic E-state index is 0.0561. The molecule has 0 radical (unpaired) electrons. The average molecular weight is 314 g/mol. The number of nitrogens with one attached hydrogen (secondary N) is 1. The summed E-state index contributed by atoms with van der Waals surface area (Å²) in [6.07, 6.45) is 4.76. The van der Waals surface area contributed by atoms with Crippen molar-refractivity contribution in [2.75, 3.05) is 0 Å². The zero-order valence-electron chi connectivity index (χ0n) is 11.3. The molecule has 1 aromatic heterocycles. The highest BCUT2D eigenvalue weighted by Gasteiger charge is 2.40. The smallest absolute Gasteiger partial charge is 0.261 e. The number of hydrogen-bond donors (Lipinski definition) is 2. The number of rotatable bonds is 3. The van der Waals surface area contributed by atoms with Crippen LogP contribution in [0.4, 0.5) is 0 Å². The van der Waals surface area contributed by atoms with Crippen molar-refractivity contribution >= 4 is 27.3 Å². The maximum atomic E-state index is 12.2. The summed E-state index contributed by atoms with van der Waals surface area (Å²) < 4.78 is 22.8. The van der Waals surface area contributed by atoms with Crippen molar-refractivity contribution in [3.05, 3.63) is 15.8 Å². The van der Waals surface area contributed by atoms with E-state index in [0.29, 0.717) is 15.7 Å². The Morgan fingerprint density at radius 1 is 1.40 bits per heavy atom. The zero-order valence-corrected chi connectivity index (χ0v) is 12.9. The van der Waals surface area contributed by atoms with Gasteiger partial charge in [0, 0.05) is 10.9 Å². The van der Waals surface area contributed by atoms with Crippen LogP contribution in [-0.2, 0) is 10.0 Å². The molecule has 2 aliphatic carbocycles. The van der Waals surface area contributed by atoms with Crippen LogP contribution in [0.15, 0.2) is 11.0 Å². The van der Waals surface area contributed by atoms with Gasteiger partial charge in [-0.15, -0.1) is 11.3 Å². The van der Waals surface area contributed by atoms with Crippen molar-refractivity contribution in [2.24, 2.45) is 17.0 Å². The topological polar surface area (TPSA) is 89.3 Å². The van der Waals surface area contributed by atoms with Crippen molar-refractivity contribution in [3.8, 4) is 0 Å². The molecule has 0 aromatic carbocycles. The summed E-state index contributed by atoms with van der Waals surface area (Å²) in [7, 11) is -3.75. The fraction of sp³-hybridized carbons (Fsp3) is 0.615. The van der Waals surface area contributed by atoms with Crippen LogP contribution < -0.4 is 10.5 Å². The first-order valence-electron chi connectivity index (χ1n) is 6.78. The van der Waals surface area contributed by atoms with E-state index in [2.05, 4.69) is 5.32 Å². The molecule has 1 aromatic rings. The molecule has 2 bridgehead atoms. The highest BCUT2D eigenvalue weighted by Crippen LogP contribution is 2.44. The second-order valence-electron chi connectivity index (χ2n) is 5.83. The van der Waals surface area contributed by atoms with Gasteiger partial charge in [0.2, 0.25) is 10.0 Å². The molecule has 20 heavy (non-hydrogen) atoms. The molecule has 0 spiro atoms. The molecule has 7 heteroatoms. The molecule has 1 amide bonds. The number of thiophene rings is 1. The summed E-state index contributed by atoms with van der Waals surface area (Å²) in [5.41, 5.74) is 0. The summed E-state index contributed by atoms with van der Waals surface area (Å²) in [6, 6.07) is 1.64. The number of carbonyl (C=O) groups is 1. The average Bonchev–Trinajstić information content (AvgIpc) is 3.01. The van der Waals surface area contributed by atoms with Crippen molar-refractivity contribution in [3.63, 3.8) is 0 Å². The van der Waals surface area contributed by atoms with E-state index in [1.807, 2.05) is 0 Å². The third-order valence-electron chi connectivity index (χ3n) is 4.46. The lowest BCUT2D eigenvalue weighted by atomic mass is 9.95.